The van der Waals surface area contributed by atoms with Crippen LogP contribution in [0.4, 0.5) is 0 Å². The van der Waals surface area contributed by atoms with Gasteiger partial charge in [-0.2, -0.15) is 0 Å². The summed E-state index contributed by atoms with van der Waals surface area (Å²) in [6.45, 7) is 4.08. The number of benzene rings is 2. The minimum atomic E-state index is 0.0280. The van der Waals surface area contributed by atoms with Crippen LogP contribution in [0, 0.1) is 0 Å². The monoisotopic (exact) mass is 429 g/mol. The van der Waals surface area contributed by atoms with Gasteiger partial charge in [0, 0.05) is 36.1 Å². The lowest BCUT2D eigenvalue weighted by molar-refractivity contribution is 0.0733. The first kappa shape index (κ1) is 20.4. The third-order valence-corrected chi connectivity index (χ3v) is 6.37. The van der Waals surface area contributed by atoms with Gasteiger partial charge in [-0.05, 0) is 43.5 Å². The zero-order chi connectivity index (χ0) is 22.2. The van der Waals surface area contributed by atoms with Crippen LogP contribution in [0.2, 0.25) is 0 Å². The predicted molar refractivity (Wildman–Crippen MR) is 122 cm³/mol. The Kier molecular flexibility index (Phi) is 5.25. The number of H-pyrrole nitrogens is 1. The van der Waals surface area contributed by atoms with E-state index in [0.29, 0.717) is 17.3 Å². The average Bonchev–Trinajstić information content (AvgIpc) is 3.56. The molecule has 2 aromatic carbocycles. The Bertz CT molecular complexity index is 1210. The molecule has 2 unspecified atom stereocenters. The first-order chi connectivity index (χ1) is 15.5. The number of hydrogen-bond acceptors (Lipinski definition) is 5. The quantitative estimate of drug-likeness (QED) is 0.474. The van der Waals surface area contributed by atoms with E-state index in [4.69, 9.17) is 4.42 Å². The highest BCUT2D eigenvalue weighted by molar-refractivity contribution is 5.94. The van der Waals surface area contributed by atoms with E-state index in [0.717, 1.165) is 41.7 Å². The summed E-state index contributed by atoms with van der Waals surface area (Å²) in [5, 5.41) is 8.40. The Morgan fingerprint density at radius 3 is 2.59 bits per heavy atom. The number of carbonyl (C=O) groups excluding carboxylic acids is 1. The van der Waals surface area contributed by atoms with Crippen molar-refractivity contribution in [2.75, 3.05) is 7.05 Å². The van der Waals surface area contributed by atoms with Crippen molar-refractivity contribution in [1.29, 1.82) is 0 Å². The Morgan fingerprint density at radius 1 is 1.09 bits per heavy atom. The molecular formula is C25H27N5O2. The fourth-order valence-corrected chi connectivity index (χ4v) is 4.41. The number of para-hydroxylation sites is 2. The molecule has 0 saturated heterocycles. The van der Waals surface area contributed by atoms with Crippen LogP contribution in [0.5, 0.6) is 0 Å². The maximum absolute atomic E-state index is 13.1. The number of aromatic nitrogens is 4. The summed E-state index contributed by atoms with van der Waals surface area (Å²) in [7, 11) is 1.88. The molecule has 1 amide bonds. The maximum atomic E-state index is 13.1. The van der Waals surface area contributed by atoms with Crippen molar-refractivity contribution in [2.45, 2.75) is 51.0 Å². The minimum Gasteiger partial charge on any atom is -0.425 e. The van der Waals surface area contributed by atoms with Gasteiger partial charge in [-0.3, -0.25) is 4.79 Å². The molecule has 2 aromatic heterocycles. The number of rotatable bonds is 5. The van der Waals surface area contributed by atoms with E-state index in [1.165, 1.54) is 0 Å². The van der Waals surface area contributed by atoms with Gasteiger partial charge in [0.25, 0.3) is 5.91 Å². The molecule has 0 bridgehead atoms. The lowest BCUT2D eigenvalue weighted by atomic mass is 10.1. The molecule has 2 atom stereocenters. The number of carbonyl (C=O) groups is 1. The van der Waals surface area contributed by atoms with E-state index < -0.39 is 0 Å². The standard InChI is InChI=1S/C25H27N5O2/c1-15(2)23-28-29-24(32-23)18-12-13-19(14-18)30(3)25(31)17-10-8-16(9-11-17)22-26-20-6-4-5-7-21(20)27-22/h4-11,15,18-19H,12-14H2,1-3H3,(H,26,27). The first-order valence-electron chi connectivity index (χ1n) is 11.1. The highest BCUT2D eigenvalue weighted by Gasteiger charge is 2.34. The van der Waals surface area contributed by atoms with Crippen LogP contribution in [0.25, 0.3) is 22.4 Å². The van der Waals surface area contributed by atoms with E-state index in [-0.39, 0.29) is 23.8 Å². The van der Waals surface area contributed by atoms with Crippen LogP contribution in [0.1, 0.15) is 67.1 Å². The maximum Gasteiger partial charge on any atom is 0.253 e. The summed E-state index contributed by atoms with van der Waals surface area (Å²) in [5.74, 6) is 2.65. The lowest BCUT2D eigenvalue weighted by Crippen LogP contribution is -2.35. The molecule has 164 valence electrons. The Hall–Kier alpha value is -3.48. The molecule has 4 aromatic rings. The zero-order valence-corrected chi connectivity index (χ0v) is 18.6. The highest BCUT2D eigenvalue weighted by atomic mass is 16.4. The van der Waals surface area contributed by atoms with E-state index in [2.05, 4.69) is 20.2 Å². The van der Waals surface area contributed by atoms with E-state index in [1.54, 1.807) is 0 Å². The second kappa shape index (κ2) is 8.22. The Balaban J connectivity index is 1.26. The van der Waals surface area contributed by atoms with Crippen LogP contribution in [0.3, 0.4) is 0 Å². The van der Waals surface area contributed by atoms with Crippen molar-refractivity contribution in [2.24, 2.45) is 0 Å². The van der Waals surface area contributed by atoms with Gasteiger partial charge in [-0.15, -0.1) is 10.2 Å². The van der Waals surface area contributed by atoms with Crippen molar-refractivity contribution < 1.29 is 9.21 Å². The van der Waals surface area contributed by atoms with Gasteiger partial charge in [-0.1, -0.05) is 38.1 Å². The topological polar surface area (TPSA) is 87.9 Å². The molecule has 1 aliphatic carbocycles. The molecular weight excluding hydrogens is 402 g/mol. The van der Waals surface area contributed by atoms with E-state index >= 15 is 0 Å². The van der Waals surface area contributed by atoms with Crippen LogP contribution >= 0.6 is 0 Å². The second-order valence-electron chi connectivity index (χ2n) is 8.89. The van der Waals surface area contributed by atoms with Crippen LogP contribution in [-0.2, 0) is 0 Å². The lowest BCUT2D eigenvalue weighted by Gasteiger charge is -2.24. The number of imidazole rings is 1. The molecule has 5 rings (SSSR count). The fourth-order valence-electron chi connectivity index (χ4n) is 4.41. The van der Waals surface area contributed by atoms with Crippen molar-refractivity contribution in [3.8, 4) is 11.4 Å². The Morgan fingerprint density at radius 2 is 1.88 bits per heavy atom. The van der Waals surface area contributed by atoms with Crippen LogP contribution in [-0.4, -0.2) is 44.1 Å². The summed E-state index contributed by atoms with van der Waals surface area (Å²) < 4.78 is 5.84. The molecule has 0 radical (unpaired) electrons. The fraction of sp³-hybridized carbons (Fsp3) is 0.360. The van der Waals surface area contributed by atoms with Crippen LogP contribution < -0.4 is 0 Å². The summed E-state index contributed by atoms with van der Waals surface area (Å²) in [6, 6.07) is 15.8. The summed E-state index contributed by atoms with van der Waals surface area (Å²) >= 11 is 0. The van der Waals surface area contributed by atoms with Gasteiger partial charge in [0.05, 0.1) is 11.0 Å². The zero-order valence-electron chi connectivity index (χ0n) is 18.6. The van der Waals surface area contributed by atoms with Gasteiger partial charge in [-0.25, -0.2) is 4.98 Å². The number of amides is 1. The normalized spacial score (nSPS) is 18.5. The van der Waals surface area contributed by atoms with Crippen LogP contribution in [0.15, 0.2) is 52.9 Å². The number of nitrogens with one attached hydrogen (secondary N) is 1. The van der Waals surface area contributed by atoms with Crippen molar-refractivity contribution >= 4 is 16.9 Å². The molecule has 1 saturated carbocycles. The molecule has 1 N–H and O–H groups in total. The number of hydrogen-bond donors (Lipinski definition) is 1. The summed E-state index contributed by atoms with van der Waals surface area (Å²) in [4.78, 5) is 22.9. The van der Waals surface area contributed by atoms with Gasteiger partial charge in [0.2, 0.25) is 11.8 Å². The summed E-state index contributed by atoms with van der Waals surface area (Å²) in [6.07, 6.45) is 2.73. The van der Waals surface area contributed by atoms with Gasteiger partial charge < -0.3 is 14.3 Å². The van der Waals surface area contributed by atoms with Crippen molar-refractivity contribution in [3.05, 3.63) is 65.9 Å². The molecule has 2 heterocycles. The van der Waals surface area contributed by atoms with Gasteiger partial charge in [0.15, 0.2) is 0 Å². The van der Waals surface area contributed by atoms with E-state index in [9.17, 15) is 4.79 Å². The molecule has 1 fully saturated rings. The average molecular weight is 430 g/mol. The molecule has 7 heteroatoms. The number of aromatic amines is 1. The highest BCUT2D eigenvalue weighted by Crippen LogP contribution is 2.37. The number of nitrogens with zero attached hydrogens (tertiary/aromatic N) is 4. The summed E-state index contributed by atoms with van der Waals surface area (Å²) in [5.41, 5.74) is 3.56. The van der Waals surface area contributed by atoms with Crippen molar-refractivity contribution in [3.63, 3.8) is 0 Å². The van der Waals surface area contributed by atoms with Gasteiger partial charge in [0.1, 0.15) is 5.82 Å². The molecule has 32 heavy (non-hydrogen) atoms. The van der Waals surface area contributed by atoms with Gasteiger partial charge >= 0.3 is 0 Å². The Labute approximate surface area is 186 Å². The largest absolute Gasteiger partial charge is 0.425 e. The smallest absolute Gasteiger partial charge is 0.253 e. The third kappa shape index (κ3) is 3.79. The minimum absolute atomic E-state index is 0.0280. The second-order valence-corrected chi connectivity index (χ2v) is 8.89. The molecule has 7 nitrogen and oxygen atoms in total. The predicted octanol–water partition coefficient (Wildman–Crippen LogP) is 5.14. The molecule has 0 aliphatic heterocycles. The van der Waals surface area contributed by atoms with E-state index in [1.807, 2.05) is 74.3 Å². The third-order valence-electron chi connectivity index (χ3n) is 6.37. The number of fused-ring (bicyclic) bond motifs is 1. The SMILES string of the molecule is CC(C)c1nnc(C2CCC(N(C)C(=O)c3ccc(-c4nc5ccccc5[nH]4)cc3)C2)o1. The first-order valence-corrected chi connectivity index (χ1v) is 11.1. The molecule has 1 aliphatic rings. The molecule has 0 spiro atoms. The van der Waals surface area contributed by atoms with Crippen molar-refractivity contribution in [1.82, 2.24) is 25.1 Å².